The van der Waals surface area contributed by atoms with Crippen LogP contribution in [0.5, 0.6) is 0 Å². The summed E-state index contributed by atoms with van der Waals surface area (Å²) in [7, 11) is 0. The minimum atomic E-state index is -0.667. The van der Waals surface area contributed by atoms with Gasteiger partial charge in [0.1, 0.15) is 0 Å². The summed E-state index contributed by atoms with van der Waals surface area (Å²) in [4.78, 5) is 10.7. The van der Waals surface area contributed by atoms with Gasteiger partial charge in [-0.1, -0.05) is 13.8 Å². The van der Waals surface area contributed by atoms with Crippen molar-refractivity contribution in [2.45, 2.75) is 20.3 Å². The summed E-state index contributed by atoms with van der Waals surface area (Å²) in [5.41, 5.74) is -0.0359. The van der Waals surface area contributed by atoms with E-state index in [4.69, 9.17) is 5.11 Å². The summed E-state index contributed by atoms with van der Waals surface area (Å²) in [6.45, 7) is 5.54. The molecule has 0 aromatic rings. The van der Waals surface area contributed by atoms with Crippen molar-refractivity contribution < 1.29 is 9.90 Å². The third-order valence-corrected chi connectivity index (χ3v) is 2.82. The van der Waals surface area contributed by atoms with Gasteiger partial charge >= 0.3 is 5.97 Å². The molecule has 0 spiro atoms. The first-order chi connectivity index (χ1) is 5.10. The minimum absolute atomic E-state index is 0.0359. The van der Waals surface area contributed by atoms with Gasteiger partial charge in [0.25, 0.3) is 0 Å². The smallest absolute Gasteiger partial charge is 0.308 e. The Morgan fingerprint density at radius 3 is 2.82 bits per heavy atom. The Kier molecular flexibility index (Phi) is 2.18. The van der Waals surface area contributed by atoms with Crippen LogP contribution in [0.25, 0.3) is 0 Å². The molecule has 2 atom stereocenters. The van der Waals surface area contributed by atoms with Gasteiger partial charge in [-0.25, -0.2) is 0 Å². The van der Waals surface area contributed by atoms with E-state index in [-0.39, 0.29) is 11.3 Å². The normalized spacial score (nSPS) is 37.5. The molecule has 1 aliphatic rings. The maximum Gasteiger partial charge on any atom is 0.308 e. The summed E-state index contributed by atoms with van der Waals surface area (Å²) in [5, 5.41) is 12.0. The highest BCUT2D eigenvalue weighted by Gasteiger charge is 2.41. The van der Waals surface area contributed by atoms with Crippen LogP contribution in [0, 0.1) is 11.3 Å². The number of hydrogen-bond donors (Lipinski definition) is 2. The molecule has 1 rings (SSSR count). The number of carboxylic acid groups (broad SMARTS) is 1. The number of rotatable bonds is 2. The zero-order valence-electron chi connectivity index (χ0n) is 7.05. The van der Waals surface area contributed by atoms with Crippen LogP contribution in [0.1, 0.15) is 20.3 Å². The van der Waals surface area contributed by atoms with E-state index in [0.29, 0.717) is 6.54 Å². The molecule has 2 unspecified atom stereocenters. The fourth-order valence-electron chi connectivity index (χ4n) is 1.63. The lowest BCUT2D eigenvalue weighted by atomic mass is 9.78. The number of hydrogen-bond acceptors (Lipinski definition) is 2. The molecule has 1 saturated heterocycles. The van der Waals surface area contributed by atoms with Gasteiger partial charge in [0.15, 0.2) is 0 Å². The Hall–Kier alpha value is -0.570. The highest BCUT2D eigenvalue weighted by molar-refractivity contribution is 5.71. The van der Waals surface area contributed by atoms with Crippen molar-refractivity contribution in [2.24, 2.45) is 11.3 Å². The van der Waals surface area contributed by atoms with E-state index in [1.54, 1.807) is 0 Å². The summed E-state index contributed by atoms with van der Waals surface area (Å²) in [6, 6.07) is 0. The second-order valence-electron chi connectivity index (χ2n) is 3.53. The Morgan fingerprint density at radius 1 is 1.82 bits per heavy atom. The van der Waals surface area contributed by atoms with Gasteiger partial charge in [0.2, 0.25) is 0 Å². The average Bonchev–Trinajstić information content (AvgIpc) is 2.32. The third-order valence-electron chi connectivity index (χ3n) is 2.82. The first kappa shape index (κ1) is 8.53. The molecule has 1 heterocycles. The molecule has 1 aliphatic heterocycles. The summed E-state index contributed by atoms with van der Waals surface area (Å²) >= 11 is 0. The van der Waals surface area contributed by atoms with Crippen LogP contribution in [0.3, 0.4) is 0 Å². The summed E-state index contributed by atoms with van der Waals surface area (Å²) in [5.74, 6) is -0.869. The monoisotopic (exact) mass is 157 g/mol. The van der Waals surface area contributed by atoms with Crippen LogP contribution in [0.15, 0.2) is 0 Å². The van der Waals surface area contributed by atoms with Gasteiger partial charge in [0, 0.05) is 13.1 Å². The maximum atomic E-state index is 10.7. The molecule has 3 heteroatoms. The minimum Gasteiger partial charge on any atom is -0.481 e. The van der Waals surface area contributed by atoms with E-state index in [1.807, 2.05) is 13.8 Å². The lowest BCUT2D eigenvalue weighted by Gasteiger charge is -2.25. The van der Waals surface area contributed by atoms with E-state index in [0.717, 1.165) is 13.0 Å². The van der Waals surface area contributed by atoms with Crippen LogP contribution in [-0.2, 0) is 4.79 Å². The molecule has 0 aromatic carbocycles. The van der Waals surface area contributed by atoms with E-state index in [2.05, 4.69) is 5.32 Å². The lowest BCUT2D eigenvalue weighted by molar-refractivity contribution is -0.144. The summed E-state index contributed by atoms with van der Waals surface area (Å²) in [6.07, 6.45) is 0.928. The Balaban J connectivity index is 2.72. The van der Waals surface area contributed by atoms with Gasteiger partial charge in [-0.05, 0) is 11.8 Å². The fraction of sp³-hybridized carbons (Fsp3) is 0.875. The van der Waals surface area contributed by atoms with E-state index in [1.165, 1.54) is 0 Å². The average molecular weight is 157 g/mol. The molecule has 0 aromatic heterocycles. The topological polar surface area (TPSA) is 49.3 Å². The van der Waals surface area contributed by atoms with Crippen molar-refractivity contribution in [3.8, 4) is 0 Å². The number of nitrogens with one attached hydrogen (secondary N) is 1. The fourth-order valence-corrected chi connectivity index (χ4v) is 1.63. The van der Waals surface area contributed by atoms with Crippen molar-refractivity contribution in [3.05, 3.63) is 0 Å². The van der Waals surface area contributed by atoms with E-state index < -0.39 is 5.97 Å². The van der Waals surface area contributed by atoms with Crippen LogP contribution < -0.4 is 5.32 Å². The maximum absolute atomic E-state index is 10.7. The first-order valence-electron chi connectivity index (χ1n) is 4.03. The molecule has 0 saturated carbocycles. The van der Waals surface area contributed by atoms with E-state index in [9.17, 15) is 4.79 Å². The zero-order valence-corrected chi connectivity index (χ0v) is 7.05. The first-order valence-corrected chi connectivity index (χ1v) is 4.03. The molecule has 3 nitrogen and oxygen atoms in total. The van der Waals surface area contributed by atoms with Crippen LogP contribution >= 0.6 is 0 Å². The molecule has 0 bridgehead atoms. The number of carboxylic acids is 1. The van der Waals surface area contributed by atoms with Crippen molar-refractivity contribution in [1.82, 2.24) is 5.32 Å². The van der Waals surface area contributed by atoms with Crippen molar-refractivity contribution in [1.29, 1.82) is 0 Å². The van der Waals surface area contributed by atoms with Crippen LogP contribution in [-0.4, -0.2) is 24.2 Å². The molecular weight excluding hydrogens is 142 g/mol. The van der Waals surface area contributed by atoms with Crippen LogP contribution in [0.2, 0.25) is 0 Å². The molecule has 2 N–H and O–H groups in total. The lowest BCUT2D eigenvalue weighted by Crippen LogP contribution is -2.31. The number of aliphatic carboxylic acids is 1. The Bertz CT molecular complexity index is 169. The molecule has 0 radical (unpaired) electrons. The molecular formula is C8H15NO2. The highest BCUT2D eigenvalue weighted by atomic mass is 16.4. The van der Waals surface area contributed by atoms with Crippen molar-refractivity contribution >= 4 is 5.97 Å². The second-order valence-corrected chi connectivity index (χ2v) is 3.53. The summed E-state index contributed by atoms with van der Waals surface area (Å²) < 4.78 is 0. The van der Waals surface area contributed by atoms with Gasteiger partial charge in [-0.3, -0.25) is 4.79 Å². The van der Waals surface area contributed by atoms with Crippen LogP contribution in [0.4, 0.5) is 0 Å². The zero-order chi connectivity index (χ0) is 8.48. The van der Waals surface area contributed by atoms with Gasteiger partial charge in [0.05, 0.1) is 5.92 Å². The SMILES string of the molecule is CCC1(C)CNCC1C(=O)O. The number of carbonyl (C=O) groups is 1. The standard InChI is InChI=1S/C8H15NO2/c1-3-8(2)5-9-4-6(8)7(10)11/h6,9H,3-5H2,1-2H3,(H,10,11). The molecule has 64 valence electrons. The molecule has 0 amide bonds. The predicted molar refractivity (Wildman–Crippen MR) is 42.4 cm³/mol. The molecule has 0 aliphatic carbocycles. The highest BCUT2D eigenvalue weighted by Crippen LogP contribution is 2.34. The van der Waals surface area contributed by atoms with Crippen molar-refractivity contribution in [3.63, 3.8) is 0 Å². The second kappa shape index (κ2) is 2.81. The predicted octanol–water partition coefficient (Wildman–Crippen LogP) is 0.707. The third kappa shape index (κ3) is 1.38. The Morgan fingerprint density at radius 2 is 2.45 bits per heavy atom. The molecule has 1 fully saturated rings. The van der Waals surface area contributed by atoms with Crippen molar-refractivity contribution in [2.75, 3.05) is 13.1 Å². The van der Waals surface area contributed by atoms with Gasteiger partial charge < -0.3 is 10.4 Å². The van der Waals surface area contributed by atoms with E-state index >= 15 is 0 Å². The largest absolute Gasteiger partial charge is 0.481 e. The van der Waals surface area contributed by atoms with Gasteiger partial charge in [-0.15, -0.1) is 0 Å². The quantitative estimate of drug-likeness (QED) is 0.620. The Labute approximate surface area is 66.8 Å². The van der Waals surface area contributed by atoms with Gasteiger partial charge in [-0.2, -0.15) is 0 Å². The molecule has 11 heavy (non-hydrogen) atoms.